The largest absolute Gasteiger partial charge is 0.345 e. The Hall–Kier alpha value is -2.72. The van der Waals surface area contributed by atoms with Gasteiger partial charge in [-0.25, -0.2) is 4.98 Å². The molecule has 0 fully saturated rings. The average molecular weight is 445 g/mol. The summed E-state index contributed by atoms with van der Waals surface area (Å²) in [6.45, 7) is 8.50. The summed E-state index contributed by atoms with van der Waals surface area (Å²) in [5, 5.41) is 16.9. The van der Waals surface area contributed by atoms with Gasteiger partial charge in [0, 0.05) is 17.5 Å². The predicted molar refractivity (Wildman–Crippen MR) is 119 cm³/mol. The van der Waals surface area contributed by atoms with E-state index in [2.05, 4.69) is 25.8 Å². The van der Waals surface area contributed by atoms with Crippen LogP contribution in [0.25, 0.3) is 0 Å². The molecule has 0 saturated carbocycles. The number of rotatable bonds is 8. The summed E-state index contributed by atoms with van der Waals surface area (Å²) < 4.78 is 1.90. The number of anilines is 1. The van der Waals surface area contributed by atoms with Crippen LogP contribution in [-0.4, -0.2) is 36.8 Å². The van der Waals surface area contributed by atoms with Crippen molar-refractivity contribution in [2.24, 2.45) is 0 Å². The van der Waals surface area contributed by atoms with Crippen molar-refractivity contribution in [1.29, 1.82) is 0 Å². The third-order valence-electron chi connectivity index (χ3n) is 4.30. The second-order valence-electron chi connectivity index (χ2n) is 6.74. The Balaban J connectivity index is 1.61. The normalized spacial score (nSPS) is 11.9. The van der Waals surface area contributed by atoms with Crippen LogP contribution in [0.3, 0.4) is 0 Å². The number of nitrogens with one attached hydrogen (secondary N) is 2. The quantitative estimate of drug-likeness (QED) is 0.516. The van der Waals surface area contributed by atoms with E-state index in [4.69, 9.17) is 0 Å². The van der Waals surface area contributed by atoms with E-state index in [0.717, 1.165) is 11.3 Å². The highest BCUT2D eigenvalue weighted by Gasteiger charge is 2.21. The van der Waals surface area contributed by atoms with Crippen molar-refractivity contribution in [1.82, 2.24) is 25.1 Å². The van der Waals surface area contributed by atoms with Gasteiger partial charge < -0.3 is 15.2 Å². The zero-order chi connectivity index (χ0) is 21.7. The molecule has 0 spiro atoms. The minimum absolute atomic E-state index is 0.144. The molecule has 0 radical (unpaired) electrons. The fourth-order valence-corrected chi connectivity index (χ4v) is 4.36. The van der Waals surface area contributed by atoms with Gasteiger partial charge >= 0.3 is 0 Å². The summed E-state index contributed by atoms with van der Waals surface area (Å²) in [5.74, 6) is 0.337. The molecule has 2 aromatic heterocycles. The van der Waals surface area contributed by atoms with Crippen molar-refractivity contribution >= 4 is 40.0 Å². The monoisotopic (exact) mass is 444 g/mol. The first-order valence-corrected chi connectivity index (χ1v) is 11.3. The van der Waals surface area contributed by atoms with Crippen LogP contribution in [0.4, 0.5) is 5.13 Å². The Bertz CT molecular complexity index is 1050. The number of benzene rings is 1. The van der Waals surface area contributed by atoms with Gasteiger partial charge in [0.1, 0.15) is 0 Å². The van der Waals surface area contributed by atoms with Crippen molar-refractivity contribution in [3.05, 3.63) is 52.3 Å². The predicted octanol–water partition coefficient (Wildman–Crippen LogP) is 3.42. The van der Waals surface area contributed by atoms with E-state index in [1.165, 1.54) is 23.1 Å². The van der Waals surface area contributed by atoms with Gasteiger partial charge in [-0.2, -0.15) is 0 Å². The van der Waals surface area contributed by atoms with E-state index in [1.807, 2.05) is 55.8 Å². The Labute approximate surface area is 183 Å². The van der Waals surface area contributed by atoms with Crippen molar-refractivity contribution < 1.29 is 9.59 Å². The van der Waals surface area contributed by atoms with E-state index in [9.17, 15) is 9.59 Å². The van der Waals surface area contributed by atoms with E-state index in [-0.39, 0.29) is 23.6 Å². The highest BCUT2D eigenvalue weighted by molar-refractivity contribution is 8.00. The third kappa shape index (κ3) is 5.45. The molecule has 158 valence electrons. The smallest absolute Gasteiger partial charge is 0.251 e. The Morgan fingerprint density at radius 2 is 2.07 bits per heavy atom. The molecule has 1 aromatic carbocycles. The van der Waals surface area contributed by atoms with E-state index >= 15 is 0 Å². The maximum Gasteiger partial charge on any atom is 0.251 e. The topological polar surface area (TPSA) is 102 Å². The highest BCUT2D eigenvalue weighted by Crippen LogP contribution is 2.24. The molecule has 10 heteroatoms. The SMILES string of the molecule is CCn1c(CNC(=O)c2cccc(C)c2)nnc1S[C@@H](C)C(=O)Nc1nc(C)cs1. The Kier molecular flexibility index (Phi) is 7.22. The van der Waals surface area contributed by atoms with Gasteiger partial charge in [-0.1, -0.05) is 29.5 Å². The second-order valence-corrected chi connectivity index (χ2v) is 8.90. The number of hydrogen-bond acceptors (Lipinski definition) is 7. The minimum atomic E-state index is -0.376. The number of aromatic nitrogens is 4. The number of amides is 2. The average Bonchev–Trinajstić information content (AvgIpc) is 3.31. The van der Waals surface area contributed by atoms with Gasteiger partial charge in [0.15, 0.2) is 16.1 Å². The fraction of sp³-hybridized carbons (Fsp3) is 0.350. The molecule has 0 aliphatic rings. The molecular weight excluding hydrogens is 420 g/mol. The Morgan fingerprint density at radius 3 is 2.73 bits per heavy atom. The number of nitrogens with zero attached hydrogens (tertiary/aromatic N) is 4. The van der Waals surface area contributed by atoms with Gasteiger partial charge in [-0.05, 0) is 39.8 Å². The first-order valence-electron chi connectivity index (χ1n) is 9.54. The summed E-state index contributed by atoms with van der Waals surface area (Å²) >= 11 is 2.72. The first kappa shape index (κ1) is 22.0. The molecule has 0 aliphatic carbocycles. The summed E-state index contributed by atoms with van der Waals surface area (Å²) in [6.07, 6.45) is 0. The van der Waals surface area contributed by atoms with E-state index < -0.39 is 0 Å². The molecule has 0 bridgehead atoms. The lowest BCUT2D eigenvalue weighted by atomic mass is 10.1. The maximum absolute atomic E-state index is 12.5. The molecule has 3 rings (SSSR count). The van der Waals surface area contributed by atoms with Gasteiger partial charge in [0.05, 0.1) is 17.5 Å². The van der Waals surface area contributed by atoms with Crippen LogP contribution in [-0.2, 0) is 17.9 Å². The maximum atomic E-state index is 12.5. The van der Waals surface area contributed by atoms with Crippen LogP contribution in [0.15, 0.2) is 34.8 Å². The molecule has 2 N–H and O–H groups in total. The molecule has 3 aromatic rings. The van der Waals surface area contributed by atoms with Crippen LogP contribution in [0.2, 0.25) is 0 Å². The van der Waals surface area contributed by atoms with Crippen molar-refractivity contribution in [2.75, 3.05) is 5.32 Å². The van der Waals surface area contributed by atoms with Gasteiger partial charge in [0.2, 0.25) is 5.91 Å². The first-order chi connectivity index (χ1) is 14.4. The van der Waals surface area contributed by atoms with Crippen LogP contribution in [0, 0.1) is 13.8 Å². The minimum Gasteiger partial charge on any atom is -0.345 e. The highest BCUT2D eigenvalue weighted by atomic mass is 32.2. The van der Waals surface area contributed by atoms with Crippen molar-refractivity contribution in [2.45, 2.75) is 51.2 Å². The molecule has 30 heavy (non-hydrogen) atoms. The molecular formula is C20H24N6O2S2. The lowest BCUT2D eigenvalue weighted by molar-refractivity contribution is -0.115. The van der Waals surface area contributed by atoms with Crippen LogP contribution in [0.1, 0.15) is 41.3 Å². The number of thioether (sulfide) groups is 1. The number of thiazole rings is 1. The zero-order valence-corrected chi connectivity index (χ0v) is 18.9. The number of carbonyl (C=O) groups is 2. The molecule has 2 heterocycles. The van der Waals surface area contributed by atoms with Gasteiger partial charge in [0.25, 0.3) is 5.91 Å². The standard InChI is InChI=1S/C20H24N6O2S2/c1-5-26-16(10-21-18(28)15-8-6-7-12(2)9-15)24-25-20(26)30-14(4)17(27)23-19-22-13(3)11-29-19/h6-9,11,14H,5,10H2,1-4H3,(H,21,28)(H,22,23,27)/t14-/m0/s1. The van der Waals surface area contributed by atoms with E-state index in [1.54, 1.807) is 6.07 Å². The lowest BCUT2D eigenvalue weighted by Crippen LogP contribution is -2.25. The summed E-state index contributed by atoms with van der Waals surface area (Å²) in [4.78, 5) is 29.1. The van der Waals surface area contributed by atoms with Crippen molar-refractivity contribution in [3.63, 3.8) is 0 Å². The molecule has 0 saturated heterocycles. The van der Waals surface area contributed by atoms with Crippen LogP contribution >= 0.6 is 23.1 Å². The Morgan fingerprint density at radius 1 is 1.27 bits per heavy atom. The third-order valence-corrected chi connectivity index (χ3v) is 6.25. The molecule has 0 unspecified atom stereocenters. The molecule has 2 amide bonds. The summed E-state index contributed by atoms with van der Waals surface area (Å²) in [7, 11) is 0. The van der Waals surface area contributed by atoms with Crippen molar-refractivity contribution in [3.8, 4) is 0 Å². The van der Waals surface area contributed by atoms with Crippen LogP contribution < -0.4 is 10.6 Å². The second kappa shape index (κ2) is 9.86. The molecule has 0 aliphatic heterocycles. The van der Waals surface area contributed by atoms with Gasteiger partial charge in [-0.3, -0.25) is 9.59 Å². The zero-order valence-electron chi connectivity index (χ0n) is 17.3. The molecule has 1 atom stereocenters. The number of hydrogen-bond donors (Lipinski definition) is 2. The summed E-state index contributed by atoms with van der Waals surface area (Å²) in [6, 6.07) is 7.41. The van der Waals surface area contributed by atoms with Crippen LogP contribution in [0.5, 0.6) is 0 Å². The number of aryl methyl sites for hydroxylation is 2. The van der Waals surface area contributed by atoms with Gasteiger partial charge in [-0.15, -0.1) is 21.5 Å². The van der Waals surface area contributed by atoms with E-state index in [0.29, 0.717) is 28.2 Å². The number of carbonyl (C=O) groups excluding carboxylic acids is 2. The fourth-order valence-electron chi connectivity index (χ4n) is 2.73. The lowest BCUT2D eigenvalue weighted by Gasteiger charge is -2.12. The summed E-state index contributed by atoms with van der Waals surface area (Å²) in [5.41, 5.74) is 2.51. The molecule has 8 nitrogen and oxygen atoms in total.